The van der Waals surface area contributed by atoms with Crippen molar-refractivity contribution in [3.05, 3.63) is 65.7 Å². The molecule has 1 unspecified atom stereocenters. The van der Waals surface area contributed by atoms with Crippen molar-refractivity contribution in [3.63, 3.8) is 0 Å². The molecule has 0 saturated heterocycles. The lowest BCUT2D eigenvalue weighted by Gasteiger charge is -2.18. The Morgan fingerprint density at radius 1 is 1.12 bits per heavy atom. The predicted molar refractivity (Wildman–Crippen MR) is 116 cm³/mol. The highest BCUT2D eigenvalue weighted by molar-refractivity contribution is 14.0. The molecule has 0 saturated carbocycles. The highest BCUT2D eigenvalue weighted by Gasteiger charge is 2.08. The summed E-state index contributed by atoms with van der Waals surface area (Å²) >= 11 is 0. The van der Waals surface area contributed by atoms with Crippen molar-refractivity contribution in [1.29, 1.82) is 0 Å². The van der Waals surface area contributed by atoms with Gasteiger partial charge in [0.15, 0.2) is 5.96 Å². The summed E-state index contributed by atoms with van der Waals surface area (Å²) in [6, 6.07) is 16.9. The molecule has 26 heavy (non-hydrogen) atoms. The number of primary sulfonamides is 1. The first-order valence-corrected chi connectivity index (χ1v) is 9.58. The van der Waals surface area contributed by atoms with Gasteiger partial charge in [-0.1, -0.05) is 42.5 Å². The van der Waals surface area contributed by atoms with Crippen molar-refractivity contribution < 1.29 is 8.42 Å². The summed E-state index contributed by atoms with van der Waals surface area (Å²) in [7, 11) is -1.91. The van der Waals surface area contributed by atoms with Crippen molar-refractivity contribution in [2.75, 3.05) is 13.6 Å². The van der Waals surface area contributed by atoms with Crippen molar-refractivity contribution >= 4 is 40.0 Å². The van der Waals surface area contributed by atoms with E-state index in [0.717, 1.165) is 17.9 Å². The van der Waals surface area contributed by atoms with Crippen LogP contribution in [0.2, 0.25) is 0 Å². The van der Waals surface area contributed by atoms with E-state index in [1.807, 2.05) is 18.2 Å². The molecule has 0 aromatic heterocycles. The largest absolute Gasteiger partial charge is 0.356 e. The van der Waals surface area contributed by atoms with Crippen LogP contribution in [-0.4, -0.2) is 28.0 Å². The van der Waals surface area contributed by atoms with Crippen molar-refractivity contribution in [2.45, 2.75) is 24.3 Å². The molecular formula is C18H25IN4O2S. The van der Waals surface area contributed by atoms with Crippen LogP contribution in [0.4, 0.5) is 0 Å². The molecule has 8 heteroatoms. The molecule has 0 aliphatic carbocycles. The first-order valence-electron chi connectivity index (χ1n) is 8.04. The van der Waals surface area contributed by atoms with E-state index in [2.05, 4.69) is 34.7 Å². The zero-order chi connectivity index (χ0) is 18.3. The highest BCUT2D eigenvalue weighted by atomic mass is 127. The fourth-order valence-electron chi connectivity index (χ4n) is 2.40. The lowest BCUT2D eigenvalue weighted by molar-refractivity contribution is 0.598. The molecule has 0 amide bonds. The number of guanidine groups is 1. The molecular weight excluding hydrogens is 463 g/mol. The van der Waals surface area contributed by atoms with E-state index in [0.29, 0.717) is 6.54 Å². The summed E-state index contributed by atoms with van der Waals surface area (Å²) in [6.45, 7) is 2.75. The fourth-order valence-corrected chi connectivity index (χ4v) is 2.91. The maximum absolute atomic E-state index is 11.2. The van der Waals surface area contributed by atoms with Gasteiger partial charge in [0.25, 0.3) is 0 Å². The number of hydrogen-bond donors (Lipinski definition) is 3. The Labute approximate surface area is 172 Å². The van der Waals surface area contributed by atoms with Gasteiger partial charge in [-0.25, -0.2) is 13.6 Å². The molecule has 0 heterocycles. The summed E-state index contributed by atoms with van der Waals surface area (Å²) in [5.74, 6) is 0.720. The Balaban J connectivity index is 0.00000338. The SMILES string of the molecule is CN=C(NCCc1ccc(S(N)(=O)=O)cc1)NC(C)c1ccccc1.I. The van der Waals surface area contributed by atoms with E-state index < -0.39 is 10.0 Å². The van der Waals surface area contributed by atoms with Gasteiger partial charge in [0, 0.05) is 13.6 Å². The van der Waals surface area contributed by atoms with Gasteiger partial charge in [-0.2, -0.15) is 0 Å². The minimum atomic E-state index is -3.64. The third-order valence-electron chi connectivity index (χ3n) is 3.83. The number of aliphatic imine (C=N–C) groups is 1. The number of nitrogens with two attached hydrogens (primary N) is 1. The number of nitrogens with one attached hydrogen (secondary N) is 2. The number of benzene rings is 2. The first-order chi connectivity index (χ1) is 11.9. The maximum Gasteiger partial charge on any atom is 0.238 e. The summed E-state index contributed by atoms with van der Waals surface area (Å²) in [5, 5.41) is 11.7. The topological polar surface area (TPSA) is 96.6 Å². The number of hydrogen-bond acceptors (Lipinski definition) is 3. The molecule has 142 valence electrons. The second-order valence-electron chi connectivity index (χ2n) is 5.71. The van der Waals surface area contributed by atoms with Crippen LogP contribution in [0, 0.1) is 0 Å². The molecule has 0 aliphatic rings. The van der Waals surface area contributed by atoms with E-state index in [-0.39, 0.29) is 34.9 Å². The third-order valence-corrected chi connectivity index (χ3v) is 4.76. The molecule has 2 rings (SSSR count). The van der Waals surface area contributed by atoms with Gasteiger partial charge in [0.05, 0.1) is 10.9 Å². The van der Waals surface area contributed by atoms with Gasteiger partial charge < -0.3 is 10.6 Å². The van der Waals surface area contributed by atoms with Gasteiger partial charge >= 0.3 is 0 Å². The minimum Gasteiger partial charge on any atom is -0.356 e. The smallest absolute Gasteiger partial charge is 0.238 e. The fraction of sp³-hybridized carbons (Fsp3) is 0.278. The molecule has 2 aromatic rings. The highest BCUT2D eigenvalue weighted by Crippen LogP contribution is 2.11. The van der Waals surface area contributed by atoms with E-state index >= 15 is 0 Å². The van der Waals surface area contributed by atoms with Gasteiger partial charge in [-0.15, -0.1) is 24.0 Å². The first kappa shape index (κ1) is 22.4. The van der Waals surface area contributed by atoms with E-state index in [1.54, 1.807) is 19.2 Å². The molecule has 0 fully saturated rings. The second-order valence-corrected chi connectivity index (χ2v) is 7.28. The number of rotatable bonds is 6. The Morgan fingerprint density at radius 3 is 2.27 bits per heavy atom. The molecule has 0 bridgehead atoms. The Bertz CT molecular complexity index is 809. The van der Waals surface area contributed by atoms with Gasteiger partial charge in [0.1, 0.15) is 0 Å². The van der Waals surface area contributed by atoms with Crippen LogP contribution in [0.5, 0.6) is 0 Å². The van der Waals surface area contributed by atoms with E-state index in [4.69, 9.17) is 5.14 Å². The zero-order valence-corrected chi connectivity index (χ0v) is 18.0. The van der Waals surface area contributed by atoms with E-state index in [1.165, 1.54) is 17.7 Å². The molecule has 0 spiro atoms. The van der Waals surface area contributed by atoms with Crippen LogP contribution in [0.3, 0.4) is 0 Å². The van der Waals surface area contributed by atoms with Crippen LogP contribution in [0.15, 0.2) is 64.5 Å². The van der Waals surface area contributed by atoms with Crippen LogP contribution in [0.1, 0.15) is 24.1 Å². The van der Waals surface area contributed by atoms with E-state index in [9.17, 15) is 8.42 Å². The van der Waals surface area contributed by atoms with Crippen molar-refractivity contribution in [1.82, 2.24) is 10.6 Å². The summed E-state index contributed by atoms with van der Waals surface area (Å²) in [5.41, 5.74) is 2.20. The van der Waals surface area contributed by atoms with Crippen LogP contribution >= 0.6 is 24.0 Å². The number of nitrogens with zero attached hydrogens (tertiary/aromatic N) is 1. The predicted octanol–water partition coefficient (Wildman–Crippen LogP) is 2.42. The minimum absolute atomic E-state index is 0. The summed E-state index contributed by atoms with van der Waals surface area (Å²) in [6.07, 6.45) is 0.741. The van der Waals surface area contributed by atoms with Gasteiger partial charge in [-0.05, 0) is 36.6 Å². The third kappa shape index (κ3) is 6.93. The average Bonchev–Trinajstić information content (AvgIpc) is 2.61. The Morgan fingerprint density at radius 2 is 1.73 bits per heavy atom. The maximum atomic E-state index is 11.2. The van der Waals surface area contributed by atoms with Gasteiger partial charge in [-0.3, -0.25) is 4.99 Å². The van der Waals surface area contributed by atoms with Crippen molar-refractivity contribution in [2.24, 2.45) is 10.1 Å². The molecule has 0 aliphatic heterocycles. The number of halogens is 1. The normalized spacial score (nSPS) is 12.8. The summed E-state index contributed by atoms with van der Waals surface area (Å²) in [4.78, 5) is 4.35. The lowest BCUT2D eigenvalue weighted by atomic mass is 10.1. The molecule has 6 nitrogen and oxygen atoms in total. The second kappa shape index (κ2) is 10.5. The summed E-state index contributed by atoms with van der Waals surface area (Å²) < 4.78 is 22.5. The monoisotopic (exact) mass is 488 g/mol. The average molecular weight is 488 g/mol. The van der Waals surface area contributed by atoms with Crippen LogP contribution in [-0.2, 0) is 16.4 Å². The molecule has 1 atom stereocenters. The van der Waals surface area contributed by atoms with Crippen LogP contribution < -0.4 is 15.8 Å². The molecule has 0 radical (unpaired) electrons. The van der Waals surface area contributed by atoms with Crippen LogP contribution in [0.25, 0.3) is 0 Å². The van der Waals surface area contributed by atoms with Gasteiger partial charge in [0.2, 0.25) is 10.0 Å². The number of sulfonamides is 1. The Kier molecular flexibility index (Phi) is 9.03. The van der Waals surface area contributed by atoms with Crippen molar-refractivity contribution in [3.8, 4) is 0 Å². The standard InChI is InChI=1S/C18H24N4O2S.HI/c1-14(16-6-4-3-5-7-16)22-18(20-2)21-13-12-15-8-10-17(11-9-15)25(19,23)24;/h3-11,14H,12-13H2,1-2H3,(H2,19,23,24)(H2,20,21,22);1H. The Hall–Kier alpha value is -1.65. The molecule has 2 aromatic carbocycles. The molecule has 4 N–H and O–H groups in total. The lowest BCUT2D eigenvalue weighted by Crippen LogP contribution is -2.39. The quantitative estimate of drug-likeness (QED) is 0.331. The zero-order valence-electron chi connectivity index (χ0n) is 14.8.